The number of aromatic carboxylic acids is 1. The Labute approximate surface area is 118 Å². The zero-order chi connectivity index (χ0) is 15.6. The Morgan fingerprint density at radius 3 is 2.52 bits per heavy atom. The lowest BCUT2D eigenvalue weighted by molar-refractivity contribution is 0.0691. The first-order valence-electron chi connectivity index (χ1n) is 5.67. The topological polar surface area (TPSA) is 166 Å². The fraction of sp³-hybridized carbons (Fsp3) is 0. The van der Waals surface area contributed by atoms with Crippen molar-refractivity contribution >= 4 is 23.6 Å². The van der Waals surface area contributed by atoms with Gasteiger partial charge in [-0.15, -0.1) is 0 Å². The van der Waals surface area contributed by atoms with Gasteiger partial charge in [0.05, 0.1) is 5.69 Å². The number of carboxylic acids is 1. The molecule has 0 fully saturated rings. The number of aromatic nitrogens is 1. The normalized spacial score (nSPS) is 10.1. The van der Waals surface area contributed by atoms with Crippen LogP contribution in [0.3, 0.4) is 0 Å². The summed E-state index contributed by atoms with van der Waals surface area (Å²) in [4.78, 5) is 15.7. The molecule has 0 bridgehead atoms. The molecule has 0 amide bonds. The lowest BCUT2D eigenvalue weighted by Crippen LogP contribution is -2.45. The predicted molar refractivity (Wildman–Crippen MR) is 75.2 cm³/mol. The second-order valence-electron chi connectivity index (χ2n) is 3.99. The number of nitrogens with zero attached hydrogens (tertiary/aromatic N) is 2. The largest absolute Gasteiger partial charge is 0.476 e. The molecule has 1 aromatic carbocycles. The highest BCUT2D eigenvalue weighted by molar-refractivity contribution is 6.14. The summed E-state index contributed by atoms with van der Waals surface area (Å²) in [6.07, 6.45) is 1.03. The zero-order valence-corrected chi connectivity index (χ0v) is 10.7. The van der Waals surface area contributed by atoms with Crippen molar-refractivity contribution in [3.63, 3.8) is 0 Å². The molecule has 0 aliphatic rings. The third kappa shape index (κ3) is 2.66. The standard InChI is InChI=1S/C12H12N6O3/c13-11(14)18(12(15)16)7-3-1-2-6(4-7)9-8(10(19)20)17-5-21-9/h1-5H,(H3,13,14)(H3,15,16)(H,19,20). The summed E-state index contributed by atoms with van der Waals surface area (Å²) in [7, 11) is 0. The van der Waals surface area contributed by atoms with Crippen LogP contribution in [0.4, 0.5) is 5.69 Å². The van der Waals surface area contributed by atoms with Crippen LogP contribution >= 0.6 is 0 Å². The van der Waals surface area contributed by atoms with E-state index in [4.69, 9.17) is 31.8 Å². The smallest absolute Gasteiger partial charge is 0.358 e. The highest BCUT2D eigenvalue weighted by atomic mass is 16.4. The van der Waals surface area contributed by atoms with Crippen molar-refractivity contribution in [2.24, 2.45) is 11.5 Å². The Kier molecular flexibility index (Phi) is 3.57. The first-order valence-corrected chi connectivity index (χ1v) is 5.67. The van der Waals surface area contributed by atoms with E-state index < -0.39 is 17.9 Å². The number of carboxylic acid groups (broad SMARTS) is 1. The van der Waals surface area contributed by atoms with Crippen LogP contribution in [-0.2, 0) is 0 Å². The number of benzene rings is 1. The van der Waals surface area contributed by atoms with E-state index in [2.05, 4.69) is 4.98 Å². The second-order valence-corrected chi connectivity index (χ2v) is 3.99. The summed E-state index contributed by atoms with van der Waals surface area (Å²) < 4.78 is 5.09. The SMILES string of the molecule is N=C(N)N(C(=N)N)c1cccc(-c2ocnc2C(=O)O)c1. The lowest BCUT2D eigenvalue weighted by atomic mass is 10.1. The third-order valence-corrected chi connectivity index (χ3v) is 2.62. The van der Waals surface area contributed by atoms with Crippen LogP contribution in [0.5, 0.6) is 0 Å². The summed E-state index contributed by atoms with van der Waals surface area (Å²) >= 11 is 0. The van der Waals surface area contributed by atoms with Gasteiger partial charge in [0.2, 0.25) is 0 Å². The van der Waals surface area contributed by atoms with E-state index in [1.165, 1.54) is 6.07 Å². The maximum absolute atomic E-state index is 11.1. The first kappa shape index (κ1) is 14.1. The van der Waals surface area contributed by atoms with E-state index in [0.29, 0.717) is 11.3 Å². The molecule has 108 valence electrons. The molecule has 0 saturated heterocycles. The van der Waals surface area contributed by atoms with Gasteiger partial charge in [-0.25, -0.2) is 9.78 Å². The van der Waals surface area contributed by atoms with Gasteiger partial charge in [-0.2, -0.15) is 0 Å². The van der Waals surface area contributed by atoms with Crippen molar-refractivity contribution in [3.8, 4) is 11.3 Å². The molecule has 9 heteroatoms. The predicted octanol–water partition coefficient (Wildman–Crippen LogP) is 0.633. The molecule has 9 nitrogen and oxygen atoms in total. The second kappa shape index (κ2) is 5.33. The quantitative estimate of drug-likeness (QED) is 0.408. The molecule has 0 radical (unpaired) electrons. The molecule has 1 aromatic heterocycles. The molecule has 0 saturated carbocycles. The Morgan fingerprint density at radius 2 is 1.95 bits per heavy atom. The lowest BCUT2D eigenvalue weighted by Gasteiger charge is -2.20. The van der Waals surface area contributed by atoms with Crippen LogP contribution in [-0.4, -0.2) is 28.0 Å². The van der Waals surface area contributed by atoms with Crippen LogP contribution in [0.1, 0.15) is 10.5 Å². The molecule has 2 rings (SSSR count). The highest BCUT2D eigenvalue weighted by Crippen LogP contribution is 2.27. The third-order valence-electron chi connectivity index (χ3n) is 2.62. The molecule has 1 heterocycles. The van der Waals surface area contributed by atoms with Crippen molar-refractivity contribution in [2.75, 3.05) is 4.90 Å². The number of hydrogen-bond donors (Lipinski definition) is 5. The van der Waals surface area contributed by atoms with Gasteiger partial charge < -0.3 is 21.0 Å². The van der Waals surface area contributed by atoms with E-state index in [1.807, 2.05) is 0 Å². The van der Waals surface area contributed by atoms with Gasteiger partial charge in [-0.3, -0.25) is 15.7 Å². The summed E-state index contributed by atoms with van der Waals surface area (Å²) in [6, 6.07) is 6.27. The van der Waals surface area contributed by atoms with E-state index >= 15 is 0 Å². The summed E-state index contributed by atoms with van der Waals surface area (Å²) in [5.74, 6) is -2.03. The van der Waals surface area contributed by atoms with Crippen molar-refractivity contribution in [3.05, 3.63) is 36.4 Å². The average Bonchev–Trinajstić information content (AvgIpc) is 2.87. The van der Waals surface area contributed by atoms with E-state index in [-0.39, 0.29) is 11.5 Å². The van der Waals surface area contributed by atoms with Crippen molar-refractivity contribution in [1.82, 2.24) is 4.98 Å². The zero-order valence-electron chi connectivity index (χ0n) is 10.7. The summed E-state index contributed by atoms with van der Waals surface area (Å²) in [5, 5.41) is 23.9. The van der Waals surface area contributed by atoms with Gasteiger partial charge in [0.25, 0.3) is 0 Å². The number of nitrogens with one attached hydrogen (secondary N) is 2. The molecule has 2 aromatic rings. The summed E-state index contributed by atoms with van der Waals surface area (Å²) in [5.41, 5.74) is 11.3. The van der Waals surface area contributed by atoms with Gasteiger partial charge in [0.1, 0.15) is 0 Å². The van der Waals surface area contributed by atoms with Gasteiger partial charge in [-0.05, 0) is 12.1 Å². The fourth-order valence-electron chi connectivity index (χ4n) is 1.80. The van der Waals surface area contributed by atoms with Gasteiger partial charge in [0, 0.05) is 5.56 Å². The van der Waals surface area contributed by atoms with Crippen LogP contribution in [0.25, 0.3) is 11.3 Å². The number of guanidine groups is 2. The van der Waals surface area contributed by atoms with Crippen LogP contribution in [0.2, 0.25) is 0 Å². The molecule has 0 atom stereocenters. The highest BCUT2D eigenvalue weighted by Gasteiger charge is 2.19. The summed E-state index contributed by atoms with van der Waals surface area (Å²) in [6.45, 7) is 0. The Hall–Kier alpha value is -3.36. The monoisotopic (exact) mass is 288 g/mol. The minimum Gasteiger partial charge on any atom is -0.476 e. The molecule has 21 heavy (non-hydrogen) atoms. The van der Waals surface area contributed by atoms with E-state index in [1.54, 1.807) is 18.2 Å². The van der Waals surface area contributed by atoms with Gasteiger partial charge in [0.15, 0.2) is 29.8 Å². The van der Waals surface area contributed by atoms with E-state index in [9.17, 15) is 4.79 Å². The molecule has 0 spiro atoms. The molecule has 0 unspecified atom stereocenters. The number of anilines is 1. The molecular weight excluding hydrogens is 276 g/mol. The molecular formula is C12H12N6O3. The van der Waals surface area contributed by atoms with E-state index in [0.717, 1.165) is 11.3 Å². The van der Waals surface area contributed by atoms with Gasteiger partial charge >= 0.3 is 5.97 Å². The maximum atomic E-state index is 11.1. The first-order chi connectivity index (χ1) is 9.91. The van der Waals surface area contributed by atoms with Crippen molar-refractivity contribution in [2.45, 2.75) is 0 Å². The Balaban J connectivity index is 2.51. The number of nitrogens with two attached hydrogens (primary N) is 2. The number of oxazole rings is 1. The van der Waals surface area contributed by atoms with Crippen LogP contribution in [0, 0.1) is 10.8 Å². The number of hydrogen-bond acceptors (Lipinski definition) is 5. The van der Waals surface area contributed by atoms with Crippen molar-refractivity contribution < 1.29 is 14.3 Å². The Bertz CT molecular complexity index is 709. The fourth-order valence-corrected chi connectivity index (χ4v) is 1.80. The van der Waals surface area contributed by atoms with Crippen molar-refractivity contribution in [1.29, 1.82) is 10.8 Å². The molecule has 0 aliphatic heterocycles. The van der Waals surface area contributed by atoms with Crippen LogP contribution < -0.4 is 16.4 Å². The molecule has 0 aliphatic carbocycles. The average molecular weight is 288 g/mol. The maximum Gasteiger partial charge on any atom is 0.358 e. The minimum atomic E-state index is -1.22. The number of rotatable bonds is 3. The molecule has 7 N–H and O–H groups in total. The minimum absolute atomic E-state index is 0.0661. The van der Waals surface area contributed by atoms with Gasteiger partial charge in [-0.1, -0.05) is 12.1 Å². The number of carbonyl (C=O) groups is 1. The Morgan fingerprint density at radius 1 is 1.29 bits per heavy atom. The van der Waals surface area contributed by atoms with Crippen LogP contribution in [0.15, 0.2) is 35.1 Å².